The second kappa shape index (κ2) is 3.18. The molecule has 60 valence electrons. The van der Waals surface area contributed by atoms with Crippen molar-refractivity contribution in [1.29, 1.82) is 0 Å². The fourth-order valence-corrected chi connectivity index (χ4v) is 0.945. The summed E-state index contributed by atoms with van der Waals surface area (Å²) in [4.78, 5) is 10.0. The largest absolute Gasteiger partial charge is 0.463 e. The average Bonchev–Trinajstić information content (AvgIpc) is 2.34. The smallest absolute Gasteiger partial charge is 0.360 e. The number of rotatable bonds is 3. The van der Waals surface area contributed by atoms with Crippen LogP contribution in [0.2, 0.25) is 0 Å². The van der Waals surface area contributed by atoms with Crippen molar-refractivity contribution in [2.75, 3.05) is 0 Å². The molecular weight excluding hydrogens is 144 g/mol. The van der Waals surface area contributed by atoms with Crippen LogP contribution in [0.15, 0.2) is 12.4 Å². The van der Waals surface area contributed by atoms with E-state index in [-0.39, 0.29) is 0 Å². The highest BCUT2D eigenvalue weighted by molar-refractivity contribution is 5.40. The van der Waals surface area contributed by atoms with Crippen LogP contribution in [0.3, 0.4) is 0 Å². The quantitative estimate of drug-likeness (QED) is 0.450. The summed E-state index contributed by atoms with van der Waals surface area (Å²) < 4.78 is 8.33. The lowest BCUT2D eigenvalue weighted by Gasteiger charge is -1.93. The summed E-state index contributed by atoms with van der Waals surface area (Å²) >= 11 is 0. The molecule has 0 aliphatic carbocycles. The Morgan fingerprint density at radius 3 is 3.09 bits per heavy atom. The van der Waals surface area contributed by atoms with Gasteiger partial charge in [0.15, 0.2) is 0 Å². The molecule has 0 spiro atoms. The topological polar surface area (TPSA) is 35.1 Å². The first kappa shape index (κ1) is 7.78. The highest BCUT2D eigenvalue weighted by atomic mass is 16.5. The predicted molar refractivity (Wildman–Crippen MR) is 38.0 cm³/mol. The molecule has 1 aromatic rings. The lowest BCUT2D eigenvalue weighted by molar-refractivity contribution is -0.674. The Morgan fingerprint density at radius 2 is 2.55 bits per heavy atom. The van der Waals surface area contributed by atoms with Gasteiger partial charge in [-0.05, 0) is 6.92 Å². The lowest BCUT2D eigenvalue weighted by atomic mass is 10.7. The maximum atomic E-state index is 10.0. The average molecular weight is 155 g/mol. The molecule has 0 unspecified atom stereocenters. The SMILES string of the molecule is CCn1cc[n+](C)c1OC=O. The van der Waals surface area contributed by atoms with Gasteiger partial charge in [0, 0.05) is 0 Å². The zero-order valence-corrected chi connectivity index (χ0v) is 6.65. The van der Waals surface area contributed by atoms with Crippen LogP contribution < -0.4 is 9.30 Å². The first-order chi connectivity index (χ1) is 5.29. The van der Waals surface area contributed by atoms with E-state index >= 15 is 0 Å². The Bertz CT molecular complexity index is 255. The molecule has 0 fully saturated rings. The fraction of sp³-hybridized carbons (Fsp3) is 0.429. The highest BCUT2D eigenvalue weighted by Gasteiger charge is 2.13. The van der Waals surface area contributed by atoms with Gasteiger partial charge in [-0.15, -0.1) is 0 Å². The van der Waals surface area contributed by atoms with Crippen molar-refractivity contribution < 1.29 is 14.1 Å². The summed E-state index contributed by atoms with van der Waals surface area (Å²) in [7, 11) is 1.82. The first-order valence-corrected chi connectivity index (χ1v) is 3.44. The second-order valence-electron chi connectivity index (χ2n) is 2.19. The van der Waals surface area contributed by atoms with Gasteiger partial charge in [-0.25, -0.2) is 0 Å². The summed E-state index contributed by atoms with van der Waals surface area (Å²) in [5.74, 6) is 0. The number of aryl methyl sites for hydroxylation is 2. The summed E-state index contributed by atoms with van der Waals surface area (Å²) in [6.07, 6.45) is 3.70. The number of carbonyl (C=O) groups is 1. The van der Waals surface area contributed by atoms with Gasteiger partial charge >= 0.3 is 12.5 Å². The minimum atomic E-state index is 0.432. The highest BCUT2D eigenvalue weighted by Crippen LogP contribution is 2.02. The van der Waals surface area contributed by atoms with Gasteiger partial charge in [-0.2, -0.15) is 9.13 Å². The van der Waals surface area contributed by atoms with E-state index in [0.717, 1.165) is 6.54 Å². The molecule has 0 saturated heterocycles. The molecule has 0 amide bonds. The van der Waals surface area contributed by atoms with Crippen LogP contribution >= 0.6 is 0 Å². The first-order valence-electron chi connectivity index (χ1n) is 3.44. The molecule has 1 heterocycles. The van der Waals surface area contributed by atoms with Crippen LogP contribution in [-0.2, 0) is 18.4 Å². The molecule has 0 aliphatic rings. The molecular formula is C7H11N2O2+. The van der Waals surface area contributed by atoms with Gasteiger partial charge < -0.3 is 4.74 Å². The number of ether oxygens (including phenoxy) is 1. The molecule has 0 radical (unpaired) electrons. The van der Waals surface area contributed by atoms with Crippen LogP contribution in [0, 0.1) is 0 Å². The molecule has 1 rings (SSSR count). The Hall–Kier alpha value is -1.32. The van der Waals surface area contributed by atoms with E-state index in [0.29, 0.717) is 12.5 Å². The van der Waals surface area contributed by atoms with Gasteiger partial charge in [0.05, 0.1) is 13.6 Å². The van der Waals surface area contributed by atoms with Crippen LogP contribution in [-0.4, -0.2) is 11.0 Å². The van der Waals surface area contributed by atoms with E-state index in [2.05, 4.69) is 0 Å². The van der Waals surface area contributed by atoms with E-state index in [1.807, 2.05) is 30.9 Å². The zero-order chi connectivity index (χ0) is 8.27. The molecule has 0 N–H and O–H groups in total. The van der Waals surface area contributed by atoms with Gasteiger partial charge in [0.2, 0.25) is 0 Å². The summed E-state index contributed by atoms with van der Waals surface area (Å²) in [5.41, 5.74) is 0. The summed E-state index contributed by atoms with van der Waals surface area (Å²) in [6, 6.07) is 0.558. The Balaban J connectivity index is 2.96. The molecule has 4 heteroatoms. The van der Waals surface area contributed by atoms with Crippen molar-refractivity contribution >= 4 is 6.47 Å². The van der Waals surface area contributed by atoms with E-state index in [1.54, 1.807) is 4.57 Å². The third kappa shape index (κ3) is 1.39. The molecule has 1 aromatic heterocycles. The minimum absolute atomic E-state index is 0.432. The van der Waals surface area contributed by atoms with Crippen molar-refractivity contribution in [2.24, 2.45) is 7.05 Å². The molecule has 0 bridgehead atoms. The monoisotopic (exact) mass is 155 g/mol. The maximum Gasteiger partial charge on any atom is 0.463 e. The standard InChI is InChI=1S/C7H11N2O2/c1-3-9-5-4-8(2)7(9)11-6-10/h4-6H,3H2,1-2H3/q+1. The predicted octanol–water partition coefficient (Wildman–Crippen LogP) is -0.132. The molecule has 0 saturated carbocycles. The normalized spacial score (nSPS) is 9.64. The van der Waals surface area contributed by atoms with E-state index in [1.165, 1.54) is 0 Å². The van der Waals surface area contributed by atoms with E-state index in [4.69, 9.17) is 4.74 Å². The third-order valence-corrected chi connectivity index (χ3v) is 1.51. The fourth-order valence-electron chi connectivity index (χ4n) is 0.945. The Labute approximate surface area is 65.0 Å². The van der Waals surface area contributed by atoms with Crippen LogP contribution in [0.5, 0.6) is 6.01 Å². The van der Waals surface area contributed by atoms with Crippen molar-refractivity contribution in [2.45, 2.75) is 13.5 Å². The number of imidazole rings is 1. The number of carbonyl (C=O) groups excluding carboxylic acids is 1. The Morgan fingerprint density at radius 1 is 1.82 bits per heavy atom. The molecule has 4 nitrogen and oxygen atoms in total. The van der Waals surface area contributed by atoms with Crippen LogP contribution in [0.25, 0.3) is 0 Å². The number of hydrogen-bond donors (Lipinski definition) is 0. The van der Waals surface area contributed by atoms with E-state index in [9.17, 15) is 4.79 Å². The minimum Gasteiger partial charge on any atom is -0.360 e. The van der Waals surface area contributed by atoms with Gasteiger partial charge in [0.1, 0.15) is 12.4 Å². The Kier molecular flexibility index (Phi) is 2.25. The number of hydrogen-bond acceptors (Lipinski definition) is 2. The molecule has 11 heavy (non-hydrogen) atoms. The van der Waals surface area contributed by atoms with Crippen molar-refractivity contribution in [3.63, 3.8) is 0 Å². The van der Waals surface area contributed by atoms with Gasteiger partial charge in [-0.3, -0.25) is 4.79 Å². The van der Waals surface area contributed by atoms with Crippen LogP contribution in [0.4, 0.5) is 0 Å². The molecule has 0 atom stereocenters. The van der Waals surface area contributed by atoms with Crippen molar-refractivity contribution in [3.05, 3.63) is 12.4 Å². The summed E-state index contributed by atoms with van der Waals surface area (Å²) in [5, 5.41) is 0. The maximum absolute atomic E-state index is 10.0. The zero-order valence-electron chi connectivity index (χ0n) is 6.65. The summed E-state index contributed by atoms with van der Waals surface area (Å²) in [6.45, 7) is 3.21. The van der Waals surface area contributed by atoms with Gasteiger partial charge in [-0.1, -0.05) is 0 Å². The second-order valence-corrected chi connectivity index (χ2v) is 2.19. The van der Waals surface area contributed by atoms with Crippen molar-refractivity contribution in [1.82, 2.24) is 4.57 Å². The van der Waals surface area contributed by atoms with Gasteiger partial charge in [0.25, 0.3) is 0 Å². The molecule has 0 aromatic carbocycles. The number of nitrogens with zero attached hydrogens (tertiary/aromatic N) is 2. The van der Waals surface area contributed by atoms with E-state index < -0.39 is 0 Å². The lowest BCUT2D eigenvalue weighted by Crippen LogP contribution is -2.28. The third-order valence-electron chi connectivity index (χ3n) is 1.51. The van der Waals surface area contributed by atoms with Crippen molar-refractivity contribution in [3.8, 4) is 6.01 Å². The molecule has 0 aliphatic heterocycles. The number of aromatic nitrogens is 2. The van der Waals surface area contributed by atoms with Crippen LogP contribution in [0.1, 0.15) is 6.92 Å².